The SMILES string of the molecule is CN(C(=O)CN1CCc2sccc2[C@@H]1c1ccccc1)c1ccc([N+](=O)[O-])cc1. The smallest absolute Gasteiger partial charge is 0.269 e. The van der Waals surface area contributed by atoms with Crippen LogP contribution >= 0.6 is 11.3 Å². The molecular formula is C22H21N3O3S. The van der Waals surface area contributed by atoms with Crippen LogP contribution in [0.2, 0.25) is 0 Å². The third kappa shape index (κ3) is 3.92. The van der Waals surface area contributed by atoms with E-state index in [-0.39, 0.29) is 24.2 Å². The topological polar surface area (TPSA) is 66.7 Å². The summed E-state index contributed by atoms with van der Waals surface area (Å²) in [5.41, 5.74) is 3.11. The Balaban J connectivity index is 1.55. The first-order valence-electron chi connectivity index (χ1n) is 9.41. The summed E-state index contributed by atoms with van der Waals surface area (Å²) in [7, 11) is 1.71. The molecule has 4 rings (SSSR count). The van der Waals surface area contributed by atoms with Crippen LogP contribution in [0.25, 0.3) is 0 Å². The van der Waals surface area contributed by atoms with E-state index in [1.165, 1.54) is 28.1 Å². The summed E-state index contributed by atoms with van der Waals surface area (Å²) < 4.78 is 0. The Hall–Kier alpha value is -3.03. The Morgan fingerprint density at radius 1 is 1.17 bits per heavy atom. The van der Waals surface area contributed by atoms with Crippen molar-refractivity contribution in [3.63, 3.8) is 0 Å². The fourth-order valence-electron chi connectivity index (χ4n) is 3.79. The zero-order chi connectivity index (χ0) is 20.4. The predicted octanol–water partition coefficient (Wildman–Crippen LogP) is 4.27. The molecule has 1 aromatic heterocycles. The summed E-state index contributed by atoms with van der Waals surface area (Å²) in [6.45, 7) is 1.09. The standard InChI is InChI=1S/C22H21N3O3S/c1-23(17-7-9-18(10-8-17)25(27)28)21(26)15-24-13-11-20-19(12-14-29-20)22(24)16-5-3-2-4-6-16/h2-10,12,14,22H,11,13,15H2,1H3/t22-/m0/s1. The highest BCUT2D eigenvalue weighted by molar-refractivity contribution is 7.10. The van der Waals surface area contributed by atoms with Crippen LogP contribution in [0.5, 0.6) is 0 Å². The first kappa shape index (κ1) is 19.3. The second kappa shape index (κ2) is 8.14. The van der Waals surface area contributed by atoms with Crippen LogP contribution in [-0.2, 0) is 11.2 Å². The van der Waals surface area contributed by atoms with E-state index in [0.717, 1.165) is 13.0 Å². The minimum atomic E-state index is -0.442. The van der Waals surface area contributed by atoms with Crippen molar-refractivity contribution in [1.82, 2.24) is 4.90 Å². The third-order valence-corrected chi connectivity index (χ3v) is 6.34. The molecule has 3 aromatic rings. The first-order valence-corrected chi connectivity index (χ1v) is 10.3. The Morgan fingerprint density at radius 2 is 1.90 bits per heavy atom. The van der Waals surface area contributed by atoms with Gasteiger partial charge >= 0.3 is 0 Å². The van der Waals surface area contributed by atoms with Gasteiger partial charge < -0.3 is 4.90 Å². The summed E-state index contributed by atoms with van der Waals surface area (Å²) >= 11 is 1.77. The quantitative estimate of drug-likeness (QED) is 0.468. The van der Waals surface area contributed by atoms with Gasteiger partial charge in [-0.15, -0.1) is 11.3 Å². The molecule has 1 amide bonds. The van der Waals surface area contributed by atoms with Crippen molar-refractivity contribution in [3.05, 3.63) is 92.2 Å². The van der Waals surface area contributed by atoms with Crippen LogP contribution in [0.1, 0.15) is 22.0 Å². The Labute approximate surface area is 173 Å². The van der Waals surface area contributed by atoms with Crippen LogP contribution < -0.4 is 4.90 Å². The molecule has 0 bridgehead atoms. The molecule has 1 aliphatic heterocycles. The van der Waals surface area contributed by atoms with Crippen LogP contribution in [-0.4, -0.2) is 35.9 Å². The van der Waals surface area contributed by atoms with Crippen molar-refractivity contribution in [1.29, 1.82) is 0 Å². The highest BCUT2D eigenvalue weighted by Crippen LogP contribution is 2.37. The molecule has 1 atom stereocenters. The zero-order valence-corrected chi connectivity index (χ0v) is 16.8. The summed E-state index contributed by atoms with van der Waals surface area (Å²) in [6, 6.07) is 18.5. The molecule has 0 unspecified atom stereocenters. The summed E-state index contributed by atoms with van der Waals surface area (Å²) in [5.74, 6) is -0.0431. The molecule has 2 heterocycles. The molecular weight excluding hydrogens is 386 g/mol. The second-order valence-corrected chi connectivity index (χ2v) is 8.06. The maximum absolute atomic E-state index is 13.0. The van der Waals surface area contributed by atoms with Gasteiger partial charge in [0.15, 0.2) is 0 Å². The number of non-ortho nitro benzene ring substituents is 1. The molecule has 0 radical (unpaired) electrons. The van der Waals surface area contributed by atoms with Crippen LogP contribution in [0.15, 0.2) is 66.0 Å². The number of thiophene rings is 1. The second-order valence-electron chi connectivity index (χ2n) is 7.06. The monoisotopic (exact) mass is 407 g/mol. The van der Waals surface area contributed by atoms with Gasteiger partial charge in [-0.1, -0.05) is 30.3 Å². The van der Waals surface area contributed by atoms with Gasteiger partial charge in [0, 0.05) is 36.3 Å². The van der Waals surface area contributed by atoms with Crippen molar-refractivity contribution in [2.45, 2.75) is 12.5 Å². The molecule has 1 aliphatic rings. The number of likely N-dealkylation sites (N-methyl/N-ethyl adjacent to an activating group) is 1. The highest BCUT2D eigenvalue weighted by atomic mass is 32.1. The number of anilines is 1. The third-order valence-electron chi connectivity index (χ3n) is 5.34. The van der Waals surface area contributed by atoms with Gasteiger partial charge in [0.1, 0.15) is 0 Å². The van der Waals surface area contributed by atoms with E-state index in [0.29, 0.717) is 5.69 Å². The maximum atomic E-state index is 13.0. The van der Waals surface area contributed by atoms with Crippen molar-refractivity contribution in [2.24, 2.45) is 0 Å². The van der Waals surface area contributed by atoms with Gasteiger partial charge in [0.25, 0.3) is 5.69 Å². The van der Waals surface area contributed by atoms with E-state index < -0.39 is 4.92 Å². The average Bonchev–Trinajstić information content (AvgIpc) is 3.22. The normalized spacial score (nSPS) is 16.2. The highest BCUT2D eigenvalue weighted by Gasteiger charge is 2.31. The van der Waals surface area contributed by atoms with Crippen molar-refractivity contribution < 1.29 is 9.72 Å². The number of hydrogen-bond acceptors (Lipinski definition) is 5. The van der Waals surface area contributed by atoms with E-state index in [2.05, 4.69) is 28.5 Å². The van der Waals surface area contributed by atoms with Crippen molar-refractivity contribution in [2.75, 3.05) is 25.0 Å². The Bertz CT molecular complexity index is 1020. The molecule has 0 saturated carbocycles. The maximum Gasteiger partial charge on any atom is 0.269 e. The van der Waals surface area contributed by atoms with Crippen LogP contribution in [0.3, 0.4) is 0 Å². The predicted molar refractivity (Wildman–Crippen MR) is 114 cm³/mol. The lowest BCUT2D eigenvalue weighted by Gasteiger charge is -2.36. The minimum Gasteiger partial charge on any atom is -0.314 e. The number of carbonyl (C=O) groups excluding carboxylic acids is 1. The number of fused-ring (bicyclic) bond motifs is 1. The number of nitro groups is 1. The van der Waals surface area contributed by atoms with Crippen LogP contribution in [0, 0.1) is 10.1 Å². The van der Waals surface area contributed by atoms with Crippen molar-refractivity contribution in [3.8, 4) is 0 Å². The number of rotatable bonds is 5. The summed E-state index contributed by atoms with van der Waals surface area (Å²) in [6.07, 6.45) is 0.935. The molecule has 0 aliphatic carbocycles. The molecule has 2 aromatic carbocycles. The van der Waals surface area contributed by atoms with E-state index in [1.54, 1.807) is 35.4 Å². The summed E-state index contributed by atoms with van der Waals surface area (Å²) in [5, 5.41) is 13.0. The average molecular weight is 407 g/mol. The van der Waals surface area contributed by atoms with Gasteiger partial charge in [-0.25, -0.2) is 0 Å². The van der Waals surface area contributed by atoms with E-state index in [4.69, 9.17) is 0 Å². The Morgan fingerprint density at radius 3 is 2.59 bits per heavy atom. The van der Waals surface area contributed by atoms with Gasteiger partial charge in [-0.3, -0.25) is 19.8 Å². The van der Waals surface area contributed by atoms with Crippen molar-refractivity contribution >= 4 is 28.6 Å². The molecule has 7 heteroatoms. The largest absolute Gasteiger partial charge is 0.314 e. The number of nitrogens with zero attached hydrogens (tertiary/aromatic N) is 3. The molecule has 6 nitrogen and oxygen atoms in total. The van der Waals surface area contributed by atoms with E-state index >= 15 is 0 Å². The van der Waals surface area contributed by atoms with Gasteiger partial charge in [0.2, 0.25) is 5.91 Å². The number of nitro benzene ring substituents is 1. The fraction of sp³-hybridized carbons (Fsp3) is 0.227. The van der Waals surface area contributed by atoms with Gasteiger partial charge in [-0.05, 0) is 41.1 Å². The van der Waals surface area contributed by atoms with Gasteiger partial charge in [-0.2, -0.15) is 0 Å². The number of hydrogen-bond donors (Lipinski definition) is 0. The van der Waals surface area contributed by atoms with Gasteiger partial charge in [0.05, 0.1) is 17.5 Å². The number of carbonyl (C=O) groups is 1. The lowest BCUT2D eigenvalue weighted by molar-refractivity contribution is -0.384. The zero-order valence-electron chi connectivity index (χ0n) is 16.0. The first-order chi connectivity index (χ1) is 14.0. The lowest BCUT2D eigenvalue weighted by atomic mass is 9.93. The molecule has 0 N–H and O–H groups in total. The lowest BCUT2D eigenvalue weighted by Crippen LogP contribution is -2.43. The minimum absolute atomic E-state index is 0.0137. The molecule has 0 fully saturated rings. The number of benzene rings is 2. The molecule has 0 saturated heterocycles. The number of amides is 1. The van der Waals surface area contributed by atoms with E-state index in [9.17, 15) is 14.9 Å². The Kier molecular flexibility index (Phi) is 5.42. The molecule has 0 spiro atoms. The van der Waals surface area contributed by atoms with E-state index in [1.807, 2.05) is 18.2 Å². The summed E-state index contributed by atoms with van der Waals surface area (Å²) in [4.78, 5) is 28.6. The molecule has 29 heavy (non-hydrogen) atoms. The fourth-order valence-corrected chi connectivity index (χ4v) is 4.69. The van der Waals surface area contributed by atoms with Crippen LogP contribution in [0.4, 0.5) is 11.4 Å². The molecule has 148 valence electrons.